The molecule has 0 aliphatic carbocycles. The van der Waals surface area contributed by atoms with Crippen LogP contribution in [0.3, 0.4) is 0 Å². The van der Waals surface area contributed by atoms with E-state index in [1.807, 2.05) is 6.92 Å². The van der Waals surface area contributed by atoms with Crippen molar-refractivity contribution in [1.82, 2.24) is 20.4 Å². The molecular weight excluding hydrogens is 392 g/mol. The molecule has 0 spiro atoms. The minimum Gasteiger partial charge on any atom is -0.378 e. The third-order valence-electron chi connectivity index (χ3n) is 3.03. The summed E-state index contributed by atoms with van der Waals surface area (Å²) >= 11 is 2.67. The van der Waals surface area contributed by atoms with E-state index in [1.165, 1.54) is 36.5 Å². The van der Waals surface area contributed by atoms with Gasteiger partial charge in [-0.25, -0.2) is 0 Å². The van der Waals surface area contributed by atoms with E-state index in [-0.39, 0.29) is 17.9 Å². The number of hydrogen-bond donors (Lipinski definition) is 2. The first-order valence-corrected chi connectivity index (χ1v) is 9.95. The molecule has 0 fully saturated rings. The van der Waals surface area contributed by atoms with Crippen LogP contribution in [0.5, 0.6) is 0 Å². The van der Waals surface area contributed by atoms with Gasteiger partial charge in [-0.05, 0) is 6.92 Å². The standard InChI is InChI=1S/C15H22N6O4S2/c1-9(25-7-5-13-19-21-15(27-13)17-11(3)23)8-24-6-4-12-18-20-14(26-12)16-10(2)22/h9H,4-8H2,1-3H3,(H,16,20,22)(H,17,21,23)/t9-/m0/s1. The Morgan fingerprint density at radius 1 is 0.926 bits per heavy atom. The van der Waals surface area contributed by atoms with Crippen molar-refractivity contribution in [3.63, 3.8) is 0 Å². The van der Waals surface area contributed by atoms with Crippen LogP contribution in [-0.2, 0) is 31.9 Å². The number of carbonyl (C=O) groups is 2. The van der Waals surface area contributed by atoms with Gasteiger partial charge in [0, 0.05) is 26.7 Å². The van der Waals surface area contributed by atoms with Gasteiger partial charge in [0.1, 0.15) is 10.0 Å². The fourth-order valence-electron chi connectivity index (χ4n) is 1.92. The Hall–Kier alpha value is -2.02. The van der Waals surface area contributed by atoms with Gasteiger partial charge >= 0.3 is 0 Å². The second kappa shape index (κ2) is 11.0. The van der Waals surface area contributed by atoms with Gasteiger partial charge < -0.3 is 20.1 Å². The SMILES string of the molecule is CC(=O)Nc1nnc(CCOC[C@H](C)OCCc2nnc(NC(C)=O)s2)s1. The van der Waals surface area contributed by atoms with E-state index < -0.39 is 0 Å². The van der Waals surface area contributed by atoms with E-state index in [0.29, 0.717) is 42.9 Å². The van der Waals surface area contributed by atoms with Gasteiger partial charge in [0.15, 0.2) is 0 Å². The number of ether oxygens (including phenoxy) is 2. The molecule has 0 saturated carbocycles. The maximum absolute atomic E-state index is 11.0. The molecule has 12 heteroatoms. The first-order valence-electron chi connectivity index (χ1n) is 8.31. The summed E-state index contributed by atoms with van der Waals surface area (Å²) in [5, 5.41) is 23.5. The molecule has 10 nitrogen and oxygen atoms in total. The summed E-state index contributed by atoms with van der Waals surface area (Å²) in [6.07, 6.45) is 1.19. The Kier molecular flexibility index (Phi) is 8.64. The lowest BCUT2D eigenvalue weighted by molar-refractivity contribution is -0.115. The van der Waals surface area contributed by atoms with E-state index in [1.54, 1.807) is 0 Å². The van der Waals surface area contributed by atoms with Crippen LogP contribution < -0.4 is 10.6 Å². The molecule has 27 heavy (non-hydrogen) atoms. The molecule has 0 unspecified atom stereocenters. The lowest BCUT2D eigenvalue weighted by Gasteiger charge is -2.12. The van der Waals surface area contributed by atoms with Crippen molar-refractivity contribution in [3.8, 4) is 0 Å². The third kappa shape index (κ3) is 8.47. The zero-order valence-corrected chi connectivity index (χ0v) is 17.0. The number of aromatic nitrogens is 4. The first kappa shape index (κ1) is 21.3. The van der Waals surface area contributed by atoms with Gasteiger partial charge in [-0.3, -0.25) is 9.59 Å². The summed E-state index contributed by atoms with van der Waals surface area (Å²) in [5.74, 6) is -0.334. The first-order chi connectivity index (χ1) is 12.9. The maximum atomic E-state index is 11.0. The highest BCUT2D eigenvalue weighted by Crippen LogP contribution is 2.16. The Labute approximate surface area is 164 Å². The summed E-state index contributed by atoms with van der Waals surface area (Å²) in [5.41, 5.74) is 0. The normalized spacial score (nSPS) is 12.0. The zero-order chi connectivity index (χ0) is 19.6. The molecule has 2 rings (SSSR count). The number of rotatable bonds is 11. The number of amides is 2. The van der Waals surface area contributed by atoms with Crippen LogP contribution in [0.15, 0.2) is 0 Å². The summed E-state index contributed by atoms with van der Waals surface area (Å²) in [6, 6.07) is 0. The summed E-state index contributed by atoms with van der Waals surface area (Å²) in [4.78, 5) is 21.9. The Bertz CT molecular complexity index is 750. The number of carbonyl (C=O) groups excluding carboxylic acids is 2. The molecular formula is C15H22N6O4S2. The number of nitrogens with zero attached hydrogens (tertiary/aromatic N) is 4. The van der Waals surface area contributed by atoms with E-state index in [4.69, 9.17) is 9.47 Å². The smallest absolute Gasteiger partial charge is 0.223 e. The molecule has 1 atom stereocenters. The minimum absolute atomic E-state index is 0.0582. The third-order valence-corrected chi connectivity index (χ3v) is 4.83. The van der Waals surface area contributed by atoms with Crippen LogP contribution in [0.1, 0.15) is 30.8 Å². The van der Waals surface area contributed by atoms with Crippen molar-refractivity contribution in [2.45, 2.75) is 39.7 Å². The highest BCUT2D eigenvalue weighted by atomic mass is 32.1. The van der Waals surface area contributed by atoms with Crippen molar-refractivity contribution < 1.29 is 19.1 Å². The monoisotopic (exact) mass is 414 g/mol. The maximum Gasteiger partial charge on any atom is 0.223 e. The van der Waals surface area contributed by atoms with Gasteiger partial charge in [0.2, 0.25) is 22.1 Å². The molecule has 0 bridgehead atoms. The predicted molar refractivity (Wildman–Crippen MR) is 102 cm³/mol. The molecule has 2 N–H and O–H groups in total. The topological polar surface area (TPSA) is 128 Å². The lowest BCUT2D eigenvalue weighted by Crippen LogP contribution is -2.18. The van der Waals surface area contributed by atoms with Crippen LogP contribution in [0.4, 0.5) is 10.3 Å². The second-order valence-corrected chi connectivity index (χ2v) is 7.74. The Morgan fingerprint density at radius 2 is 1.44 bits per heavy atom. The summed E-state index contributed by atoms with van der Waals surface area (Å²) < 4.78 is 11.3. The van der Waals surface area contributed by atoms with Gasteiger partial charge in [-0.15, -0.1) is 20.4 Å². The Morgan fingerprint density at radius 3 is 1.96 bits per heavy atom. The number of nitrogens with one attached hydrogen (secondary N) is 2. The molecule has 0 radical (unpaired) electrons. The van der Waals surface area contributed by atoms with Crippen LogP contribution in [-0.4, -0.2) is 58.1 Å². The molecule has 2 heterocycles. The molecule has 0 aromatic carbocycles. The van der Waals surface area contributed by atoms with Gasteiger partial charge in [0.25, 0.3) is 0 Å². The van der Waals surface area contributed by atoms with Gasteiger partial charge in [-0.1, -0.05) is 22.7 Å². The molecule has 0 aliphatic rings. The molecule has 2 aromatic rings. The van der Waals surface area contributed by atoms with E-state index in [2.05, 4.69) is 31.0 Å². The molecule has 148 valence electrons. The average molecular weight is 415 g/mol. The van der Waals surface area contributed by atoms with Crippen molar-refractivity contribution in [2.75, 3.05) is 30.5 Å². The fourth-order valence-corrected chi connectivity index (χ4v) is 3.45. The van der Waals surface area contributed by atoms with Gasteiger partial charge in [0.05, 0.1) is 25.9 Å². The van der Waals surface area contributed by atoms with Gasteiger partial charge in [-0.2, -0.15) is 0 Å². The molecule has 0 saturated heterocycles. The van der Waals surface area contributed by atoms with Crippen LogP contribution in [0.25, 0.3) is 0 Å². The quantitative estimate of drug-likeness (QED) is 0.530. The minimum atomic E-state index is -0.167. The molecule has 2 amide bonds. The van der Waals surface area contributed by atoms with E-state index in [0.717, 1.165) is 10.0 Å². The van der Waals surface area contributed by atoms with Crippen LogP contribution >= 0.6 is 22.7 Å². The zero-order valence-electron chi connectivity index (χ0n) is 15.4. The molecule has 2 aromatic heterocycles. The van der Waals surface area contributed by atoms with E-state index in [9.17, 15) is 9.59 Å². The highest BCUT2D eigenvalue weighted by Gasteiger charge is 2.09. The highest BCUT2D eigenvalue weighted by molar-refractivity contribution is 7.15. The van der Waals surface area contributed by atoms with Crippen LogP contribution in [0, 0.1) is 0 Å². The van der Waals surface area contributed by atoms with Crippen molar-refractivity contribution in [2.24, 2.45) is 0 Å². The van der Waals surface area contributed by atoms with E-state index >= 15 is 0 Å². The van der Waals surface area contributed by atoms with Crippen molar-refractivity contribution >= 4 is 44.8 Å². The summed E-state index contributed by atoms with van der Waals surface area (Å²) in [7, 11) is 0. The largest absolute Gasteiger partial charge is 0.378 e. The Balaban J connectivity index is 1.56. The van der Waals surface area contributed by atoms with Crippen molar-refractivity contribution in [3.05, 3.63) is 10.0 Å². The average Bonchev–Trinajstić information content (AvgIpc) is 3.20. The lowest BCUT2D eigenvalue weighted by atomic mass is 10.4. The number of anilines is 2. The second-order valence-electron chi connectivity index (χ2n) is 5.62. The molecule has 0 aliphatic heterocycles. The number of hydrogen-bond acceptors (Lipinski definition) is 10. The van der Waals surface area contributed by atoms with Crippen LogP contribution in [0.2, 0.25) is 0 Å². The van der Waals surface area contributed by atoms with Crippen molar-refractivity contribution in [1.29, 1.82) is 0 Å². The predicted octanol–water partition coefficient (Wildman–Crippen LogP) is 1.51. The fraction of sp³-hybridized carbons (Fsp3) is 0.600. The summed E-state index contributed by atoms with van der Waals surface area (Å²) in [6.45, 7) is 6.25.